The fraction of sp³-hybridized carbons (Fsp3) is 0.385. The van der Waals surface area contributed by atoms with Crippen molar-refractivity contribution in [1.29, 1.82) is 0 Å². The summed E-state index contributed by atoms with van der Waals surface area (Å²) in [4.78, 5) is 23.6. The topological polar surface area (TPSA) is 113 Å². The first-order valence-electron chi connectivity index (χ1n) is 7.00. The summed E-state index contributed by atoms with van der Waals surface area (Å²) in [5.41, 5.74) is 0.215. The minimum atomic E-state index is -6.77. The number of alkyl halides is 5. The van der Waals surface area contributed by atoms with Crippen LogP contribution in [0.15, 0.2) is 12.1 Å². The zero-order valence-corrected chi connectivity index (χ0v) is 20.8. The van der Waals surface area contributed by atoms with Crippen molar-refractivity contribution in [1.82, 2.24) is 5.32 Å². The van der Waals surface area contributed by atoms with Gasteiger partial charge < -0.3 is 14.6 Å². The van der Waals surface area contributed by atoms with Gasteiger partial charge in [0.1, 0.15) is 0 Å². The molecule has 0 aromatic heterocycles. The smallest absolute Gasteiger partial charge is 0.432 e. The molecule has 0 radical (unpaired) electrons. The molecule has 0 aliphatic rings. The molecule has 29 heavy (non-hydrogen) atoms. The zero-order valence-electron chi connectivity index (χ0n) is 13.5. The Morgan fingerprint density at radius 2 is 1.69 bits per heavy atom. The molecule has 1 atom stereocenters. The molecule has 1 aromatic rings. The number of amides is 1. The molecule has 0 saturated carbocycles. The van der Waals surface area contributed by atoms with Gasteiger partial charge in [0.15, 0.2) is 10.1 Å². The van der Waals surface area contributed by atoms with E-state index >= 15 is 0 Å². The molecule has 1 rings (SSSR count). The monoisotopic (exact) mass is 782 g/mol. The second-order valence-electron chi connectivity index (χ2n) is 5.18. The lowest BCUT2D eigenvalue weighted by molar-refractivity contribution is -0.259. The van der Waals surface area contributed by atoms with Crippen molar-refractivity contribution >= 4 is 89.8 Å². The van der Waals surface area contributed by atoms with Crippen LogP contribution in [0.2, 0.25) is 0 Å². The minimum Gasteiger partial charge on any atom is -0.743 e. The lowest BCUT2D eigenvalue weighted by atomic mass is 10.2. The second kappa shape index (κ2) is 10.0. The van der Waals surface area contributed by atoms with E-state index in [0.29, 0.717) is 7.14 Å². The van der Waals surface area contributed by atoms with E-state index in [-0.39, 0.29) is 5.56 Å². The highest BCUT2D eigenvalue weighted by Gasteiger charge is 2.62. The van der Waals surface area contributed by atoms with Crippen molar-refractivity contribution in [3.05, 3.63) is 28.4 Å². The fourth-order valence-corrected chi connectivity index (χ4v) is 4.59. The number of ether oxygens (including phenoxy) is 1. The highest BCUT2D eigenvalue weighted by Crippen LogP contribution is 2.38. The SMILES string of the molecule is O=C(CCNC(=O)c1cc(I)cc(I)c1I)OC(C(F)(F)F)C(F)(F)S(=O)(=O)[O-]. The Morgan fingerprint density at radius 3 is 2.17 bits per heavy atom. The first-order chi connectivity index (χ1) is 13.0. The van der Waals surface area contributed by atoms with Crippen LogP contribution in [0.4, 0.5) is 22.0 Å². The lowest BCUT2D eigenvalue weighted by Gasteiger charge is -2.29. The average Bonchev–Trinajstić information content (AvgIpc) is 2.53. The van der Waals surface area contributed by atoms with Crippen molar-refractivity contribution in [2.24, 2.45) is 0 Å². The van der Waals surface area contributed by atoms with Crippen LogP contribution in [0.5, 0.6) is 0 Å². The van der Waals surface area contributed by atoms with E-state index in [9.17, 15) is 44.5 Å². The Morgan fingerprint density at radius 1 is 1.14 bits per heavy atom. The van der Waals surface area contributed by atoms with Crippen molar-refractivity contribution < 1.29 is 49.2 Å². The number of rotatable bonds is 7. The summed E-state index contributed by atoms with van der Waals surface area (Å²) in [7, 11) is -6.77. The number of carbonyl (C=O) groups excluding carboxylic acids is 2. The molecule has 0 spiro atoms. The maximum atomic E-state index is 13.3. The number of benzene rings is 1. The van der Waals surface area contributed by atoms with Gasteiger partial charge in [-0.05, 0) is 79.9 Å². The maximum Gasteiger partial charge on any atom is 0.432 e. The lowest BCUT2D eigenvalue weighted by Crippen LogP contribution is -2.52. The molecule has 0 heterocycles. The second-order valence-corrected chi connectivity index (χ2v) is 10.1. The molecule has 164 valence electrons. The van der Waals surface area contributed by atoms with Crippen LogP contribution in [-0.2, 0) is 19.6 Å². The highest BCUT2D eigenvalue weighted by molar-refractivity contribution is 14.1. The van der Waals surface area contributed by atoms with Crippen LogP contribution in [0, 0.1) is 10.7 Å². The average molecular weight is 782 g/mol. The molecule has 0 aliphatic heterocycles. The maximum absolute atomic E-state index is 13.3. The molecule has 1 N–H and O–H groups in total. The van der Waals surface area contributed by atoms with Gasteiger partial charge in [-0.3, -0.25) is 9.59 Å². The molecular formula is C13H8F5I3NO6S-. The molecule has 16 heteroatoms. The van der Waals surface area contributed by atoms with Gasteiger partial charge in [0.25, 0.3) is 12.0 Å². The van der Waals surface area contributed by atoms with Gasteiger partial charge in [-0.1, -0.05) is 0 Å². The van der Waals surface area contributed by atoms with Gasteiger partial charge in [-0.25, -0.2) is 8.42 Å². The van der Waals surface area contributed by atoms with Gasteiger partial charge in [0, 0.05) is 17.3 Å². The minimum absolute atomic E-state index is 0.215. The molecule has 0 bridgehead atoms. The quantitative estimate of drug-likeness (QED) is 0.150. The van der Waals surface area contributed by atoms with E-state index in [1.54, 1.807) is 6.07 Å². The van der Waals surface area contributed by atoms with Gasteiger partial charge in [0.2, 0.25) is 0 Å². The summed E-state index contributed by atoms with van der Waals surface area (Å²) >= 11 is 5.81. The predicted octanol–water partition coefficient (Wildman–Crippen LogP) is 3.23. The highest BCUT2D eigenvalue weighted by atomic mass is 127. The summed E-state index contributed by atoms with van der Waals surface area (Å²) in [6.07, 6.45) is -11.5. The van der Waals surface area contributed by atoms with Gasteiger partial charge >= 0.3 is 17.4 Å². The summed E-state index contributed by atoms with van der Waals surface area (Å²) in [5, 5.41) is -3.71. The fourth-order valence-electron chi connectivity index (χ4n) is 1.74. The zero-order chi connectivity index (χ0) is 22.8. The molecule has 0 aliphatic carbocycles. The van der Waals surface area contributed by atoms with Crippen LogP contribution in [0.1, 0.15) is 16.8 Å². The van der Waals surface area contributed by atoms with Gasteiger partial charge in [-0.15, -0.1) is 0 Å². The molecule has 1 amide bonds. The molecule has 0 saturated heterocycles. The van der Waals surface area contributed by atoms with Crippen LogP contribution < -0.4 is 5.32 Å². The van der Waals surface area contributed by atoms with E-state index in [0.717, 1.165) is 3.57 Å². The van der Waals surface area contributed by atoms with Crippen LogP contribution in [-0.4, -0.2) is 48.9 Å². The number of nitrogens with one attached hydrogen (secondary N) is 1. The third-order valence-corrected chi connectivity index (χ3v) is 7.59. The van der Waals surface area contributed by atoms with E-state index < -0.39 is 52.5 Å². The summed E-state index contributed by atoms with van der Waals surface area (Å²) in [5.74, 6) is -2.57. The van der Waals surface area contributed by atoms with Crippen LogP contribution >= 0.6 is 67.8 Å². The molecule has 7 nitrogen and oxygen atoms in total. The van der Waals surface area contributed by atoms with Crippen molar-refractivity contribution in [2.75, 3.05) is 6.54 Å². The van der Waals surface area contributed by atoms with Crippen LogP contribution in [0.3, 0.4) is 0 Å². The first-order valence-corrected chi connectivity index (χ1v) is 11.6. The third-order valence-electron chi connectivity index (χ3n) is 3.04. The van der Waals surface area contributed by atoms with E-state index in [1.165, 1.54) is 6.07 Å². The number of halogens is 8. The Labute approximate surface area is 201 Å². The van der Waals surface area contributed by atoms with E-state index in [2.05, 4.69) is 10.1 Å². The number of hydrogen-bond donors (Lipinski definition) is 1. The molecular weight excluding hydrogens is 774 g/mol. The van der Waals surface area contributed by atoms with E-state index in [4.69, 9.17) is 0 Å². The summed E-state index contributed by atoms with van der Waals surface area (Å²) < 4.78 is 101. The Balaban J connectivity index is 2.81. The summed E-state index contributed by atoms with van der Waals surface area (Å²) in [6.45, 7) is -0.587. The Hall–Kier alpha value is -0.0900. The van der Waals surface area contributed by atoms with E-state index in [1.807, 2.05) is 67.8 Å². The van der Waals surface area contributed by atoms with Crippen molar-refractivity contribution in [3.63, 3.8) is 0 Å². The van der Waals surface area contributed by atoms with Gasteiger partial charge in [0.05, 0.1) is 12.0 Å². The molecule has 0 fully saturated rings. The van der Waals surface area contributed by atoms with Crippen molar-refractivity contribution in [2.45, 2.75) is 24.0 Å². The van der Waals surface area contributed by atoms with Crippen LogP contribution in [0.25, 0.3) is 0 Å². The van der Waals surface area contributed by atoms with Crippen molar-refractivity contribution in [3.8, 4) is 0 Å². The standard InChI is InChI=1S/C13H9F5I3NO6S/c14-12(15,16)11(13(17,18)29(25,26)27)28-8(23)1-2-22-10(24)6-3-5(19)4-7(20)9(6)21/h3-4,11H,1-2H2,(H,22,24)(H,25,26,27)/p-1. The third kappa shape index (κ3) is 7.23. The van der Waals surface area contributed by atoms with Gasteiger partial charge in [-0.2, -0.15) is 22.0 Å². The Kier molecular flexibility index (Phi) is 9.31. The largest absolute Gasteiger partial charge is 0.743 e. The number of esters is 1. The Bertz CT molecular complexity index is 909. The normalized spacial score (nSPS) is 13.7. The number of hydrogen-bond acceptors (Lipinski definition) is 6. The molecule has 1 aromatic carbocycles. The first kappa shape index (κ1) is 26.9. The predicted molar refractivity (Wildman–Crippen MR) is 112 cm³/mol. The summed E-state index contributed by atoms with van der Waals surface area (Å²) in [6, 6.07) is 3.29. The molecule has 1 unspecified atom stereocenters. The number of carbonyl (C=O) groups is 2.